The molecule has 0 aromatic heterocycles. The lowest BCUT2D eigenvalue weighted by atomic mass is 10.2. The molecule has 0 heterocycles. The van der Waals surface area contributed by atoms with Crippen LogP contribution in [0.4, 0.5) is 5.69 Å². The molecule has 5 heteroatoms. The van der Waals surface area contributed by atoms with Gasteiger partial charge in [0.15, 0.2) is 0 Å². The zero-order chi connectivity index (χ0) is 10.6. The average molecular weight is 211 g/mol. The van der Waals surface area contributed by atoms with Crippen molar-refractivity contribution in [2.24, 2.45) is 0 Å². The molecule has 0 amide bonds. The lowest BCUT2D eigenvalue weighted by Gasteiger charge is -2.05. The molecular weight excluding hydrogens is 202 g/mol. The Labute approximate surface area is 86.5 Å². The maximum Gasteiger partial charge on any atom is 0.335 e. The summed E-state index contributed by atoms with van der Waals surface area (Å²) in [5, 5.41) is 11.7. The first kappa shape index (κ1) is 10.5. The first-order valence-corrected chi connectivity index (χ1v) is 4.22. The van der Waals surface area contributed by atoms with E-state index in [0.717, 1.165) is 0 Å². The summed E-state index contributed by atoms with van der Waals surface area (Å²) in [6.45, 7) is 0. The second-order valence-electron chi connectivity index (χ2n) is 2.50. The summed E-state index contributed by atoms with van der Waals surface area (Å²) in [7, 11) is 1.46. The summed E-state index contributed by atoms with van der Waals surface area (Å²) in [6.07, 6.45) is 0. The van der Waals surface area contributed by atoms with E-state index in [1.165, 1.54) is 19.2 Å². The number of ether oxygens (including phenoxy) is 1. The number of carboxylic acid groups (broad SMARTS) is 1. The molecule has 1 aromatic rings. The standard InChI is InChI=1S/C9H9NO3S/c1-13-9(14)10-7-4-2-6(3-5-7)8(11)12/h2-5H,1H3,(H,10,14)(H,11,12). The van der Waals surface area contributed by atoms with Gasteiger partial charge < -0.3 is 15.2 Å². The molecule has 0 saturated heterocycles. The van der Waals surface area contributed by atoms with E-state index in [4.69, 9.17) is 22.1 Å². The SMILES string of the molecule is COC(=S)Nc1ccc(C(=O)O)cc1. The van der Waals surface area contributed by atoms with Crippen molar-refractivity contribution in [2.75, 3.05) is 12.4 Å². The van der Waals surface area contributed by atoms with Gasteiger partial charge in [-0.1, -0.05) is 0 Å². The number of rotatable bonds is 2. The molecule has 0 radical (unpaired) electrons. The maximum absolute atomic E-state index is 10.5. The normalized spacial score (nSPS) is 9.21. The zero-order valence-electron chi connectivity index (χ0n) is 7.48. The topological polar surface area (TPSA) is 58.6 Å². The van der Waals surface area contributed by atoms with Gasteiger partial charge in [-0.3, -0.25) is 0 Å². The van der Waals surface area contributed by atoms with Crippen molar-refractivity contribution in [3.8, 4) is 0 Å². The van der Waals surface area contributed by atoms with E-state index < -0.39 is 5.97 Å². The third kappa shape index (κ3) is 2.70. The van der Waals surface area contributed by atoms with Crippen molar-refractivity contribution in [1.82, 2.24) is 0 Å². The van der Waals surface area contributed by atoms with Crippen molar-refractivity contribution >= 4 is 29.0 Å². The van der Waals surface area contributed by atoms with Gasteiger partial charge in [-0.05, 0) is 36.5 Å². The van der Waals surface area contributed by atoms with Crippen molar-refractivity contribution in [1.29, 1.82) is 0 Å². The molecule has 0 atom stereocenters. The number of carboxylic acids is 1. The summed E-state index contributed by atoms with van der Waals surface area (Å²) < 4.78 is 4.74. The van der Waals surface area contributed by atoms with Gasteiger partial charge in [-0.15, -0.1) is 0 Å². The van der Waals surface area contributed by atoms with Crippen molar-refractivity contribution in [3.63, 3.8) is 0 Å². The lowest BCUT2D eigenvalue weighted by Crippen LogP contribution is -2.10. The molecule has 4 nitrogen and oxygen atoms in total. The quantitative estimate of drug-likeness (QED) is 0.729. The largest absolute Gasteiger partial charge is 0.478 e. The molecule has 0 fully saturated rings. The van der Waals surface area contributed by atoms with E-state index in [1.54, 1.807) is 12.1 Å². The third-order valence-corrected chi connectivity index (χ3v) is 1.83. The van der Waals surface area contributed by atoms with Gasteiger partial charge in [-0.25, -0.2) is 4.79 Å². The summed E-state index contributed by atoms with van der Waals surface area (Å²) in [6, 6.07) is 6.22. The van der Waals surface area contributed by atoms with Crippen LogP contribution >= 0.6 is 12.2 Å². The molecule has 0 spiro atoms. The Bertz CT molecular complexity index is 348. The molecule has 14 heavy (non-hydrogen) atoms. The smallest absolute Gasteiger partial charge is 0.335 e. The molecule has 0 aliphatic rings. The number of anilines is 1. The Morgan fingerprint density at radius 1 is 1.43 bits per heavy atom. The van der Waals surface area contributed by atoms with Crippen LogP contribution in [0.2, 0.25) is 0 Å². The maximum atomic E-state index is 10.5. The average Bonchev–Trinajstić information content (AvgIpc) is 2.18. The van der Waals surface area contributed by atoms with Crippen LogP contribution in [0.5, 0.6) is 0 Å². The minimum Gasteiger partial charge on any atom is -0.478 e. The highest BCUT2D eigenvalue weighted by Gasteiger charge is 2.02. The molecule has 0 bridgehead atoms. The molecule has 0 aliphatic heterocycles. The van der Waals surface area contributed by atoms with Gasteiger partial charge in [0.1, 0.15) is 0 Å². The molecular formula is C9H9NO3S. The summed E-state index contributed by atoms with van der Waals surface area (Å²) in [5.41, 5.74) is 0.931. The molecule has 1 aromatic carbocycles. The first-order valence-electron chi connectivity index (χ1n) is 3.82. The minimum atomic E-state index is -0.953. The number of aromatic carboxylic acids is 1. The van der Waals surface area contributed by atoms with Crippen LogP contribution in [0.1, 0.15) is 10.4 Å². The number of thiocarbonyl (C=S) groups is 1. The third-order valence-electron chi connectivity index (χ3n) is 1.56. The molecule has 0 aliphatic carbocycles. The van der Waals surface area contributed by atoms with Crippen LogP contribution in [-0.2, 0) is 4.74 Å². The summed E-state index contributed by atoms with van der Waals surface area (Å²) in [5.74, 6) is -0.953. The minimum absolute atomic E-state index is 0.235. The Hall–Kier alpha value is -1.62. The van der Waals surface area contributed by atoms with Crippen molar-refractivity contribution < 1.29 is 14.6 Å². The fraction of sp³-hybridized carbons (Fsp3) is 0.111. The number of benzene rings is 1. The highest BCUT2D eigenvalue weighted by atomic mass is 32.1. The lowest BCUT2D eigenvalue weighted by molar-refractivity contribution is 0.0697. The molecule has 0 saturated carbocycles. The van der Waals surface area contributed by atoms with Gasteiger partial charge in [0.25, 0.3) is 5.17 Å². The second kappa shape index (κ2) is 4.57. The highest BCUT2D eigenvalue weighted by Crippen LogP contribution is 2.09. The van der Waals surface area contributed by atoms with Gasteiger partial charge >= 0.3 is 5.97 Å². The van der Waals surface area contributed by atoms with Crippen LogP contribution in [-0.4, -0.2) is 23.4 Å². The van der Waals surface area contributed by atoms with Crippen LogP contribution < -0.4 is 5.32 Å². The fourth-order valence-corrected chi connectivity index (χ4v) is 0.983. The predicted molar refractivity (Wildman–Crippen MR) is 56.6 cm³/mol. The van der Waals surface area contributed by atoms with E-state index in [2.05, 4.69) is 5.32 Å². The number of hydrogen-bond donors (Lipinski definition) is 2. The highest BCUT2D eigenvalue weighted by molar-refractivity contribution is 7.80. The van der Waals surface area contributed by atoms with Crippen LogP contribution in [0, 0.1) is 0 Å². The Morgan fingerprint density at radius 2 is 2.00 bits per heavy atom. The number of carbonyl (C=O) groups is 1. The van der Waals surface area contributed by atoms with Gasteiger partial charge in [0, 0.05) is 5.69 Å². The van der Waals surface area contributed by atoms with E-state index in [0.29, 0.717) is 5.69 Å². The predicted octanol–water partition coefficient (Wildman–Crippen LogP) is 1.73. The second-order valence-corrected chi connectivity index (χ2v) is 2.87. The molecule has 0 unspecified atom stereocenters. The Balaban J connectivity index is 2.73. The van der Waals surface area contributed by atoms with Crippen molar-refractivity contribution in [3.05, 3.63) is 29.8 Å². The fourth-order valence-electron chi connectivity index (χ4n) is 0.865. The molecule has 1 rings (SSSR count). The van der Waals surface area contributed by atoms with Crippen LogP contribution in [0.15, 0.2) is 24.3 Å². The van der Waals surface area contributed by atoms with E-state index >= 15 is 0 Å². The van der Waals surface area contributed by atoms with E-state index in [-0.39, 0.29) is 10.7 Å². The monoisotopic (exact) mass is 211 g/mol. The van der Waals surface area contributed by atoms with Gasteiger partial charge in [-0.2, -0.15) is 0 Å². The Morgan fingerprint density at radius 3 is 2.43 bits per heavy atom. The first-order chi connectivity index (χ1) is 6.63. The number of methoxy groups -OCH3 is 1. The Kier molecular flexibility index (Phi) is 3.41. The summed E-state index contributed by atoms with van der Waals surface area (Å²) >= 11 is 4.77. The van der Waals surface area contributed by atoms with Crippen molar-refractivity contribution in [2.45, 2.75) is 0 Å². The number of nitrogens with one attached hydrogen (secondary N) is 1. The van der Waals surface area contributed by atoms with Gasteiger partial charge in [0.05, 0.1) is 12.7 Å². The molecule has 74 valence electrons. The number of hydrogen-bond acceptors (Lipinski definition) is 3. The summed E-state index contributed by atoms with van der Waals surface area (Å²) in [4.78, 5) is 10.5. The van der Waals surface area contributed by atoms with Crippen LogP contribution in [0.3, 0.4) is 0 Å². The van der Waals surface area contributed by atoms with E-state index in [1.807, 2.05) is 0 Å². The zero-order valence-corrected chi connectivity index (χ0v) is 8.30. The van der Waals surface area contributed by atoms with Gasteiger partial charge in [0.2, 0.25) is 0 Å². The van der Waals surface area contributed by atoms with Crippen LogP contribution in [0.25, 0.3) is 0 Å². The van der Waals surface area contributed by atoms with E-state index in [9.17, 15) is 4.79 Å². The molecule has 2 N–H and O–H groups in total.